The molecule has 0 aliphatic carbocycles. The van der Waals surface area contributed by atoms with E-state index in [0.717, 1.165) is 27.7 Å². The van der Waals surface area contributed by atoms with Crippen molar-refractivity contribution in [3.05, 3.63) is 0 Å². The second-order valence-corrected chi connectivity index (χ2v) is 22.3. The number of nitrogens with one attached hydrogen (secondary N) is 4. The maximum absolute atomic E-state index is 12.8. The number of carbonyl (C=O) groups is 4. The van der Waals surface area contributed by atoms with Gasteiger partial charge in [0.05, 0.1) is 58.9 Å². The van der Waals surface area contributed by atoms with Gasteiger partial charge in [-0.3, -0.25) is 19.2 Å². The third-order valence-electron chi connectivity index (χ3n) is 15.8. The lowest BCUT2D eigenvalue weighted by Crippen LogP contribution is -2.71. The van der Waals surface area contributed by atoms with Crippen LogP contribution in [0.5, 0.6) is 0 Å². The Morgan fingerprint density at radius 2 is 0.778 bits per heavy atom. The van der Waals surface area contributed by atoms with Crippen LogP contribution in [0.4, 0.5) is 0 Å². The highest BCUT2D eigenvalue weighted by Gasteiger charge is 2.59. The SMILES string of the molecule is CC(=O)N[C@H]1[C@H](O[C@@H]([C@H](O)[C@H](CO)NC(C)=O)[C@H](O)CO)O[C@H](CO)[C@@H](O[C@@H]2O[C@H](CO[C@H]3O[C@H](CO)[C@@H](O)[C@H](O)[C@@H]3O)[C@@H](O)[C@H](O[C@H]3O[C@H](CO)[C@@H](O)[C@H](O)[C@@H]3O[C@@H]3O[C@H](CO)[C@@H](O[C@@H]4O[C@H](CO)[C@H](O)[C@H](O)[C@H]4NC(C)=O)[C@H](O)[C@H]3NC(C)=O)[C@@H]2O)[C@@H]1O. The van der Waals surface area contributed by atoms with Gasteiger partial charge in [0, 0.05) is 27.7 Å². The normalized spacial score (nSPS) is 43.9. The minimum atomic E-state index is -2.45. The first-order chi connectivity index (χ1) is 42.5. The van der Waals surface area contributed by atoms with Crippen LogP contribution in [0.3, 0.4) is 0 Å². The van der Waals surface area contributed by atoms with Crippen molar-refractivity contribution in [2.45, 2.75) is 236 Å². The molecule has 0 radical (unpaired) electrons. The van der Waals surface area contributed by atoms with E-state index in [1.165, 1.54) is 0 Å². The molecule has 6 saturated heterocycles. The molecule has 90 heavy (non-hydrogen) atoms. The number of aliphatic hydroxyl groups excluding tert-OH is 20. The maximum atomic E-state index is 12.8. The molecule has 0 unspecified atom stereocenters. The van der Waals surface area contributed by atoms with Crippen LogP contribution in [0.1, 0.15) is 27.7 Å². The van der Waals surface area contributed by atoms with Crippen molar-refractivity contribution in [3.63, 3.8) is 0 Å². The number of hydrogen-bond acceptors (Lipinski definition) is 36. The highest BCUT2D eigenvalue weighted by molar-refractivity contribution is 5.74. The van der Waals surface area contributed by atoms with E-state index >= 15 is 0 Å². The van der Waals surface area contributed by atoms with Gasteiger partial charge in [-0.25, -0.2) is 0 Å². The van der Waals surface area contributed by atoms with Crippen LogP contribution < -0.4 is 21.3 Å². The molecule has 6 aliphatic rings. The van der Waals surface area contributed by atoms with Crippen molar-refractivity contribution < 1.29 is 178 Å². The van der Waals surface area contributed by atoms with Gasteiger partial charge < -0.3 is 180 Å². The van der Waals surface area contributed by atoms with E-state index in [-0.39, 0.29) is 0 Å². The zero-order valence-corrected chi connectivity index (χ0v) is 48.8. The van der Waals surface area contributed by atoms with Crippen LogP contribution in [0.15, 0.2) is 0 Å². The predicted octanol–water partition coefficient (Wildman–Crippen LogP) is -16.1. The van der Waals surface area contributed by atoms with Crippen molar-refractivity contribution in [1.29, 1.82) is 0 Å². The summed E-state index contributed by atoms with van der Waals surface area (Å²) in [5.41, 5.74) is 0. The van der Waals surface area contributed by atoms with E-state index in [1.807, 2.05) is 0 Å². The summed E-state index contributed by atoms with van der Waals surface area (Å²) in [7, 11) is 0. The second-order valence-electron chi connectivity index (χ2n) is 22.3. The minimum absolute atomic E-state index is 0.770. The van der Waals surface area contributed by atoms with E-state index in [0.29, 0.717) is 0 Å². The summed E-state index contributed by atoms with van der Waals surface area (Å²) in [6, 6.07) is -6.96. The summed E-state index contributed by atoms with van der Waals surface area (Å²) in [5, 5.41) is 227. The van der Waals surface area contributed by atoms with Gasteiger partial charge in [0.25, 0.3) is 0 Å². The molecule has 0 spiro atoms. The number of hydrogen-bond donors (Lipinski definition) is 24. The third-order valence-corrected chi connectivity index (χ3v) is 15.8. The molecule has 34 atom stereocenters. The molecule has 6 fully saturated rings. The van der Waals surface area contributed by atoms with Crippen molar-refractivity contribution >= 4 is 23.6 Å². The Labute approximate surface area is 511 Å². The van der Waals surface area contributed by atoms with Gasteiger partial charge in [0.15, 0.2) is 37.7 Å². The molecule has 4 amide bonds. The average molecular weight is 1320 g/mol. The standard InChI is InChI=1S/C50H86N4O36/c1-13(62)51-17(5-55)28(67)40(18(66)6-56)86-46-26(53-15(3)64)35(74)42(23(11-61)83-46)88-49-39(78)43(32(71)24(85-49)12-79-48-38(77)36(75)30(69)20(8-58)81-48)89-50-44(37(76)31(70)21(9-59)82-50)90-47-27(54-16(4)65)34(73)41(22(10-60)84-47)87-45-25(52-14(2)63)33(72)29(68)19(7-57)80-45/h17-50,55-61,66-78H,5-12H2,1-4H3,(H,51,62)(H,52,63)(H,53,64)(H,54,65)/t17-,18+,19+,20+,21+,22+,23+,24+,25+,26+,27+,28+,29-,30+,31+,32+,33+,34+,35+,36-,37-,38-,39-,40+,41+,42+,43-,44-,45-,46-,47-,48-,49-,50+/m0/s1. The number of ether oxygens (including phenoxy) is 12. The molecule has 24 N–H and O–H groups in total. The molecular weight excluding hydrogens is 1230 g/mol. The largest absolute Gasteiger partial charge is 0.394 e. The highest BCUT2D eigenvalue weighted by atomic mass is 16.8. The minimum Gasteiger partial charge on any atom is -0.394 e. The Kier molecular flexibility index (Phi) is 28.4. The van der Waals surface area contributed by atoms with Crippen LogP contribution in [-0.2, 0) is 76.0 Å². The Bertz CT molecular complexity index is 2260. The van der Waals surface area contributed by atoms with Gasteiger partial charge in [-0.15, -0.1) is 0 Å². The summed E-state index contributed by atoms with van der Waals surface area (Å²) in [4.78, 5) is 49.6. The smallest absolute Gasteiger partial charge is 0.217 e. The molecule has 0 bridgehead atoms. The number of aliphatic hydroxyl groups is 20. The Morgan fingerprint density at radius 1 is 0.378 bits per heavy atom. The Hall–Kier alpha value is -3.40. The van der Waals surface area contributed by atoms with Crippen LogP contribution in [0.25, 0.3) is 0 Å². The molecule has 0 aromatic rings. The van der Waals surface area contributed by atoms with Gasteiger partial charge in [-0.2, -0.15) is 0 Å². The Balaban J connectivity index is 1.35. The number of carbonyl (C=O) groups excluding carboxylic acids is 4. The lowest BCUT2D eigenvalue weighted by Gasteiger charge is -2.51. The molecule has 6 aliphatic heterocycles. The quantitative estimate of drug-likeness (QED) is 0.0363. The fourth-order valence-electron chi connectivity index (χ4n) is 11.1. The van der Waals surface area contributed by atoms with Gasteiger partial charge in [0.2, 0.25) is 23.6 Å². The fourth-order valence-corrected chi connectivity index (χ4v) is 11.1. The van der Waals surface area contributed by atoms with Gasteiger partial charge in [0.1, 0.15) is 165 Å². The molecule has 40 nitrogen and oxygen atoms in total. The number of rotatable bonds is 27. The van der Waals surface area contributed by atoms with Crippen LogP contribution >= 0.6 is 0 Å². The Morgan fingerprint density at radius 3 is 1.26 bits per heavy atom. The second kappa shape index (κ2) is 33.8. The summed E-state index contributed by atoms with van der Waals surface area (Å²) >= 11 is 0. The van der Waals surface area contributed by atoms with Crippen molar-refractivity contribution in [3.8, 4) is 0 Å². The zero-order chi connectivity index (χ0) is 66.9. The zero-order valence-electron chi connectivity index (χ0n) is 48.8. The fraction of sp³-hybridized carbons (Fsp3) is 0.920. The van der Waals surface area contributed by atoms with E-state index in [4.69, 9.17) is 56.8 Å². The lowest BCUT2D eigenvalue weighted by molar-refractivity contribution is -0.396. The molecule has 0 aromatic heterocycles. The van der Waals surface area contributed by atoms with E-state index in [9.17, 15) is 121 Å². The summed E-state index contributed by atoms with van der Waals surface area (Å²) in [6.45, 7) is -4.32. The average Bonchev–Trinajstić information content (AvgIpc) is 0.798. The summed E-state index contributed by atoms with van der Waals surface area (Å²) < 4.78 is 70.5. The van der Waals surface area contributed by atoms with Crippen molar-refractivity contribution in [2.75, 3.05) is 52.9 Å². The molecule has 522 valence electrons. The summed E-state index contributed by atoms with van der Waals surface area (Å²) in [6.07, 6.45) is -60.8. The molecule has 6 heterocycles. The van der Waals surface area contributed by atoms with E-state index < -0.39 is 285 Å². The van der Waals surface area contributed by atoms with Crippen LogP contribution in [-0.4, -0.2) is 387 Å². The van der Waals surface area contributed by atoms with Gasteiger partial charge in [-0.1, -0.05) is 0 Å². The molecule has 6 rings (SSSR count). The van der Waals surface area contributed by atoms with E-state index in [1.54, 1.807) is 0 Å². The third kappa shape index (κ3) is 17.5. The van der Waals surface area contributed by atoms with Crippen molar-refractivity contribution in [1.82, 2.24) is 21.3 Å². The topological polar surface area (TPSA) is 632 Å². The molecular formula is C50H86N4O36. The van der Waals surface area contributed by atoms with Crippen LogP contribution in [0.2, 0.25) is 0 Å². The predicted molar refractivity (Wildman–Crippen MR) is 280 cm³/mol. The monoisotopic (exact) mass is 1320 g/mol. The first kappa shape index (κ1) is 75.6. The number of amides is 4. The van der Waals surface area contributed by atoms with Gasteiger partial charge in [-0.05, 0) is 0 Å². The molecule has 40 heteroatoms. The highest BCUT2D eigenvalue weighted by Crippen LogP contribution is 2.37. The molecule has 0 aromatic carbocycles. The summed E-state index contributed by atoms with van der Waals surface area (Å²) in [5.74, 6) is -3.37. The van der Waals surface area contributed by atoms with E-state index in [2.05, 4.69) is 21.3 Å². The molecule has 0 saturated carbocycles. The first-order valence-electron chi connectivity index (χ1n) is 28.5. The maximum Gasteiger partial charge on any atom is 0.217 e. The lowest BCUT2D eigenvalue weighted by atomic mass is 9.94. The van der Waals surface area contributed by atoms with Crippen LogP contribution in [0, 0.1) is 0 Å². The first-order valence-corrected chi connectivity index (χ1v) is 28.5. The van der Waals surface area contributed by atoms with Crippen molar-refractivity contribution in [2.24, 2.45) is 0 Å². The van der Waals surface area contributed by atoms with Gasteiger partial charge >= 0.3 is 0 Å².